The molecule has 3 nitrogen and oxygen atoms in total. The normalized spacial score (nSPS) is 15.7. The maximum Gasteiger partial charge on any atom is 0.235 e. The summed E-state index contributed by atoms with van der Waals surface area (Å²) >= 11 is 0. The lowest BCUT2D eigenvalue weighted by atomic mass is 9.77. The van der Waals surface area contributed by atoms with Gasteiger partial charge in [0.15, 0.2) is 0 Å². The highest BCUT2D eigenvalue weighted by Gasteiger charge is 2.42. The third kappa shape index (κ3) is 3.77. The molecule has 0 atom stereocenters. The molecule has 1 amide bonds. The highest BCUT2D eigenvalue weighted by Crippen LogP contribution is 2.42. The second kappa shape index (κ2) is 7.94. The minimum absolute atomic E-state index is 0.112. The summed E-state index contributed by atoms with van der Waals surface area (Å²) in [5.74, 6) is 0.999. The van der Waals surface area contributed by atoms with Crippen LogP contribution < -0.4 is 10.1 Å². The van der Waals surface area contributed by atoms with Crippen LogP contribution in [0.1, 0.15) is 55.7 Å². The van der Waals surface area contributed by atoms with Gasteiger partial charge >= 0.3 is 0 Å². The first kappa shape index (κ1) is 18.5. The lowest BCUT2D eigenvalue weighted by Crippen LogP contribution is -2.38. The summed E-state index contributed by atoms with van der Waals surface area (Å²) in [6.45, 7) is 6.90. The Balaban J connectivity index is 1.81. The van der Waals surface area contributed by atoms with E-state index in [1.165, 1.54) is 5.56 Å². The Bertz CT molecular complexity index is 758. The summed E-state index contributed by atoms with van der Waals surface area (Å²) in [5.41, 5.74) is 3.85. The molecule has 0 spiro atoms. The lowest BCUT2D eigenvalue weighted by molar-refractivity contribution is -0.121. The first-order valence-corrected chi connectivity index (χ1v) is 9.67. The second-order valence-electron chi connectivity index (χ2n) is 7.44. The molecule has 0 aromatic heterocycles. The molecular weight excluding hydrogens is 322 g/mol. The van der Waals surface area contributed by atoms with E-state index in [0.29, 0.717) is 6.61 Å². The Labute approximate surface area is 156 Å². The van der Waals surface area contributed by atoms with E-state index in [4.69, 9.17) is 4.74 Å². The van der Waals surface area contributed by atoms with Crippen molar-refractivity contribution in [3.05, 3.63) is 59.2 Å². The van der Waals surface area contributed by atoms with Crippen molar-refractivity contribution < 1.29 is 9.53 Å². The number of rotatable bonds is 6. The molecule has 2 aromatic rings. The Morgan fingerprint density at radius 2 is 1.77 bits per heavy atom. The summed E-state index contributed by atoms with van der Waals surface area (Å²) in [6, 6.07) is 14.3. The number of ether oxygens (including phenoxy) is 1. The van der Waals surface area contributed by atoms with Crippen LogP contribution in [0.25, 0.3) is 0 Å². The van der Waals surface area contributed by atoms with E-state index in [1.807, 2.05) is 25.1 Å². The van der Waals surface area contributed by atoms with E-state index in [9.17, 15) is 4.79 Å². The number of hydrogen-bond donors (Lipinski definition) is 1. The molecule has 0 heterocycles. The van der Waals surface area contributed by atoms with Crippen molar-refractivity contribution in [2.24, 2.45) is 0 Å². The number of nitrogens with one attached hydrogen (secondary N) is 1. The van der Waals surface area contributed by atoms with E-state index in [0.717, 1.165) is 54.7 Å². The molecule has 0 saturated heterocycles. The Morgan fingerprint density at radius 3 is 2.38 bits per heavy atom. The molecule has 3 rings (SSSR count). The summed E-state index contributed by atoms with van der Waals surface area (Å²) in [4.78, 5) is 13.2. The van der Waals surface area contributed by atoms with E-state index in [-0.39, 0.29) is 5.91 Å². The zero-order valence-corrected chi connectivity index (χ0v) is 16.1. The van der Waals surface area contributed by atoms with Crippen LogP contribution in [-0.4, -0.2) is 12.5 Å². The molecule has 0 bridgehead atoms. The first-order chi connectivity index (χ1) is 12.5. The quantitative estimate of drug-likeness (QED) is 0.742. The van der Waals surface area contributed by atoms with Gasteiger partial charge < -0.3 is 10.1 Å². The first-order valence-electron chi connectivity index (χ1n) is 9.67. The van der Waals surface area contributed by atoms with Crippen LogP contribution in [0.5, 0.6) is 5.75 Å². The molecule has 1 fully saturated rings. The molecule has 138 valence electrons. The van der Waals surface area contributed by atoms with Gasteiger partial charge in [0.05, 0.1) is 12.0 Å². The number of hydrogen-bond acceptors (Lipinski definition) is 2. The van der Waals surface area contributed by atoms with Gasteiger partial charge in [-0.3, -0.25) is 4.79 Å². The van der Waals surface area contributed by atoms with E-state index in [1.54, 1.807) is 0 Å². The van der Waals surface area contributed by atoms with Crippen LogP contribution in [0.2, 0.25) is 0 Å². The summed E-state index contributed by atoms with van der Waals surface area (Å²) < 4.78 is 5.73. The molecule has 1 aliphatic carbocycles. The summed E-state index contributed by atoms with van der Waals surface area (Å²) in [5, 5.41) is 3.17. The number of aryl methyl sites for hydroxylation is 2. The predicted octanol–water partition coefficient (Wildman–Crippen LogP) is 5.54. The van der Waals surface area contributed by atoms with Gasteiger partial charge in [-0.25, -0.2) is 0 Å². The zero-order valence-electron chi connectivity index (χ0n) is 16.1. The van der Waals surface area contributed by atoms with Gasteiger partial charge in [-0.1, -0.05) is 49.6 Å². The van der Waals surface area contributed by atoms with E-state index in [2.05, 4.69) is 43.4 Å². The van der Waals surface area contributed by atoms with Crippen molar-refractivity contribution >= 4 is 11.6 Å². The Hall–Kier alpha value is -2.29. The van der Waals surface area contributed by atoms with Crippen LogP contribution in [0, 0.1) is 13.8 Å². The van der Waals surface area contributed by atoms with Crippen LogP contribution in [0.4, 0.5) is 5.69 Å². The molecule has 0 radical (unpaired) electrons. The van der Waals surface area contributed by atoms with Crippen molar-refractivity contribution in [3.8, 4) is 5.75 Å². The fraction of sp³-hybridized carbons (Fsp3) is 0.435. The Morgan fingerprint density at radius 1 is 1.08 bits per heavy atom. The average Bonchev–Trinajstić information content (AvgIpc) is 3.13. The maximum atomic E-state index is 13.2. The van der Waals surface area contributed by atoms with Gasteiger partial charge in [-0.15, -0.1) is 0 Å². The molecule has 1 aliphatic rings. The molecule has 0 unspecified atom stereocenters. The Kier molecular flexibility index (Phi) is 5.65. The molecule has 2 aromatic carbocycles. The van der Waals surface area contributed by atoms with Crippen LogP contribution in [0.15, 0.2) is 42.5 Å². The fourth-order valence-electron chi connectivity index (χ4n) is 3.85. The van der Waals surface area contributed by atoms with Gasteiger partial charge in [-0.2, -0.15) is 0 Å². The molecule has 26 heavy (non-hydrogen) atoms. The number of anilines is 1. The van der Waals surface area contributed by atoms with Crippen LogP contribution in [-0.2, 0) is 10.2 Å². The minimum Gasteiger partial charge on any atom is -0.493 e. The monoisotopic (exact) mass is 351 g/mol. The predicted molar refractivity (Wildman–Crippen MR) is 107 cm³/mol. The van der Waals surface area contributed by atoms with Gasteiger partial charge in [0.1, 0.15) is 5.75 Å². The van der Waals surface area contributed by atoms with Crippen molar-refractivity contribution in [2.45, 2.75) is 58.3 Å². The lowest BCUT2D eigenvalue weighted by Gasteiger charge is -2.28. The molecule has 3 heteroatoms. The minimum atomic E-state index is -0.404. The molecular formula is C23H29NO2. The van der Waals surface area contributed by atoms with Crippen molar-refractivity contribution in [1.29, 1.82) is 0 Å². The largest absolute Gasteiger partial charge is 0.493 e. The number of amides is 1. The summed E-state index contributed by atoms with van der Waals surface area (Å²) in [7, 11) is 0. The van der Waals surface area contributed by atoms with E-state index >= 15 is 0 Å². The third-order valence-corrected chi connectivity index (χ3v) is 5.39. The SMILES string of the molecule is CCCOc1ccc(NC(=O)C2(c3ccc(C)cc3)CCCC2)cc1C. The maximum absolute atomic E-state index is 13.2. The highest BCUT2D eigenvalue weighted by atomic mass is 16.5. The van der Waals surface area contributed by atoms with Crippen molar-refractivity contribution in [2.75, 3.05) is 11.9 Å². The second-order valence-corrected chi connectivity index (χ2v) is 7.44. The smallest absolute Gasteiger partial charge is 0.235 e. The number of benzene rings is 2. The number of carbonyl (C=O) groups is 1. The van der Waals surface area contributed by atoms with E-state index < -0.39 is 5.41 Å². The van der Waals surface area contributed by atoms with Crippen molar-refractivity contribution in [3.63, 3.8) is 0 Å². The summed E-state index contributed by atoms with van der Waals surface area (Å²) in [6.07, 6.45) is 5.02. The topological polar surface area (TPSA) is 38.3 Å². The van der Waals surface area contributed by atoms with Crippen LogP contribution in [0.3, 0.4) is 0 Å². The molecule has 1 saturated carbocycles. The van der Waals surface area contributed by atoms with Gasteiger partial charge in [0.2, 0.25) is 5.91 Å². The van der Waals surface area contributed by atoms with Crippen molar-refractivity contribution in [1.82, 2.24) is 0 Å². The van der Waals surface area contributed by atoms with Gasteiger partial charge in [-0.05, 0) is 62.4 Å². The molecule has 1 N–H and O–H groups in total. The van der Waals surface area contributed by atoms with Gasteiger partial charge in [0, 0.05) is 5.69 Å². The van der Waals surface area contributed by atoms with Crippen LogP contribution >= 0.6 is 0 Å². The molecule has 0 aliphatic heterocycles. The average molecular weight is 351 g/mol. The fourth-order valence-corrected chi connectivity index (χ4v) is 3.85. The third-order valence-electron chi connectivity index (χ3n) is 5.39. The number of carbonyl (C=O) groups excluding carboxylic acids is 1. The highest BCUT2D eigenvalue weighted by molar-refractivity contribution is 5.99. The standard InChI is InChI=1S/C23H29NO2/c1-4-15-26-21-12-11-20(16-18(21)3)24-22(25)23(13-5-6-14-23)19-9-7-17(2)8-10-19/h7-12,16H,4-6,13-15H2,1-3H3,(H,24,25). The van der Waals surface area contributed by atoms with Gasteiger partial charge in [0.25, 0.3) is 0 Å². The zero-order chi connectivity index (χ0) is 18.6.